The number of benzene rings is 2. The van der Waals surface area contributed by atoms with Crippen LogP contribution in [-0.2, 0) is 6.54 Å². The van der Waals surface area contributed by atoms with Gasteiger partial charge in [0.25, 0.3) is 0 Å². The maximum atomic E-state index is 13.4. The Hall–Kier alpha value is -1.81. The molecule has 0 aliphatic heterocycles. The van der Waals surface area contributed by atoms with Crippen molar-refractivity contribution in [3.05, 3.63) is 59.4 Å². The second-order valence-electron chi connectivity index (χ2n) is 5.00. The Morgan fingerprint density at radius 3 is 2.15 bits per heavy atom. The first kappa shape index (κ1) is 14.6. The van der Waals surface area contributed by atoms with Crippen LogP contribution < -0.4 is 5.32 Å². The molecule has 0 heterocycles. The highest BCUT2D eigenvalue weighted by atomic mass is 19.1. The Bertz CT molecular complexity index is 588. The van der Waals surface area contributed by atoms with Crippen molar-refractivity contribution in [3.8, 4) is 11.1 Å². The van der Waals surface area contributed by atoms with Crippen LogP contribution in [0.3, 0.4) is 0 Å². The number of halogens is 3. The van der Waals surface area contributed by atoms with E-state index < -0.39 is 17.5 Å². The summed E-state index contributed by atoms with van der Waals surface area (Å²) in [6, 6.07) is 7.74. The van der Waals surface area contributed by atoms with E-state index in [1.165, 1.54) is 24.3 Å². The lowest BCUT2D eigenvalue weighted by Crippen LogP contribution is -2.22. The molecule has 1 nitrogen and oxygen atoms in total. The van der Waals surface area contributed by atoms with Crippen LogP contribution >= 0.6 is 0 Å². The van der Waals surface area contributed by atoms with Gasteiger partial charge in [-0.3, -0.25) is 0 Å². The standard InChI is InChI=1S/C16H16F3N/c1-10(2)20-9-11-3-4-13(17)8-16(11)12-5-14(18)7-15(19)6-12/h3-8,10,20H,9H2,1-2H3. The molecule has 0 unspecified atom stereocenters. The van der Waals surface area contributed by atoms with Crippen molar-refractivity contribution in [2.75, 3.05) is 0 Å². The van der Waals surface area contributed by atoms with Gasteiger partial charge in [0.2, 0.25) is 0 Å². The van der Waals surface area contributed by atoms with E-state index in [0.29, 0.717) is 17.7 Å². The quantitative estimate of drug-likeness (QED) is 0.881. The van der Waals surface area contributed by atoms with Crippen LogP contribution in [0.15, 0.2) is 36.4 Å². The number of hydrogen-bond acceptors (Lipinski definition) is 1. The summed E-state index contributed by atoms with van der Waals surface area (Å²) >= 11 is 0. The summed E-state index contributed by atoms with van der Waals surface area (Å²) in [7, 11) is 0. The number of nitrogens with one attached hydrogen (secondary N) is 1. The molecule has 0 aromatic heterocycles. The lowest BCUT2D eigenvalue weighted by atomic mass is 9.99. The van der Waals surface area contributed by atoms with Gasteiger partial charge in [-0.15, -0.1) is 0 Å². The van der Waals surface area contributed by atoms with E-state index in [0.717, 1.165) is 11.6 Å². The molecule has 0 radical (unpaired) electrons. The van der Waals surface area contributed by atoms with Gasteiger partial charge in [0.05, 0.1) is 0 Å². The Labute approximate surface area is 116 Å². The average Bonchev–Trinajstić information content (AvgIpc) is 2.36. The highest BCUT2D eigenvalue weighted by molar-refractivity contribution is 5.67. The Morgan fingerprint density at radius 2 is 1.55 bits per heavy atom. The molecule has 0 amide bonds. The number of rotatable bonds is 4. The predicted octanol–water partition coefficient (Wildman–Crippen LogP) is 4.27. The van der Waals surface area contributed by atoms with Gasteiger partial charge < -0.3 is 5.32 Å². The summed E-state index contributed by atoms with van der Waals surface area (Å²) in [6.07, 6.45) is 0. The summed E-state index contributed by atoms with van der Waals surface area (Å²) in [6.45, 7) is 4.49. The molecule has 0 fully saturated rings. The highest BCUT2D eigenvalue weighted by Gasteiger charge is 2.10. The zero-order chi connectivity index (χ0) is 14.7. The smallest absolute Gasteiger partial charge is 0.126 e. The van der Waals surface area contributed by atoms with Crippen LogP contribution in [-0.4, -0.2) is 6.04 Å². The van der Waals surface area contributed by atoms with Crippen molar-refractivity contribution < 1.29 is 13.2 Å². The molecule has 0 saturated carbocycles. The molecule has 4 heteroatoms. The first-order valence-electron chi connectivity index (χ1n) is 6.44. The predicted molar refractivity (Wildman–Crippen MR) is 73.7 cm³/mol. The summed E-state index contributed by atoms with van der Waals surface area (Å²) in [5.41, 5.74) is 1.63. The fourth-order valence-electron chi connectivity index (χ4n) is 1.99. The van der Waals surface area contributed by atoms with Crippen molar-refractivity contribution in [2.45, 2.75) is 26.4 Å². The molecular weight excluding hydrogens is 263 g/mol. The van der Waals surface area contributed by atoms with Crippen molar-refractivity contribution in [1.29, 1.82) is 0 Å². The third-order valence-corrected chi connectivity index (χ3v) is 2.95. The summed E-state index contributed by atoms with van der Waals surface area (Å²) in [4.78, 5) is 0. The van der Waals surface area contributed by atoms with Gasteiger partial charge in [-0.1, -0.05) is 19.9 Å². The van der Waals surface area contributed by atoms with E-state index in [9.17, 15) is 13.2 Å². The molecule has 106 valence electrons. The first-order chi connectivity index (χ1) is 9.45. The molecule has 1 N–H and O–H groups in total. The van der Waals surface area contributed by atoms with Crippen molar-refractivity contribution in [2.24, 2.45) is 0 Å². The number of hydrogen-bond donors (Lipinski definition) is 1. The van der Waals surface area contributed by atoms with Gasteiger partial charge in [0.1, 0.15) is 17.5 Å². The maximum absolute atomic E-state index is 13.4. The summed E-state index contributed by atoms with van der Waals surface area (Å²) in [5, 5.41) is 3.21. The SMILES string of the molecule is CC(C)NCc1ccc(F)cc1-c1cc(F)cc(F)c1. The molecule has 2 rings (SSSR count). The fraction of sp³-hybridized carbons (Fsp3) is 0.250. The van der Waals surface area contributed by atoms with Gasteiger partial charge in [0, 0.05) is 18.7 Å². The molecule has 2 aromatic rings. The van der Waals surface area contributed by atoms with E-state index in [1.807, 2.05) is 13.8 Å². The van der Waals surface area contributed by atoms with Crippen molar-refractivity contribution in [3.63, 3.8) is 0 Å². The largest absolute Gasteiger partial charge is 0.310 e. The molecule has 0 saturated heterocycles. The lowest BCUT2D eigenvalue weighted by molar-refractivity contribution is 0.581. The van der Waals surface area contributed by atoms with Crippen LogP contribution in [0.2, 0.25) is 0 Å². The maximum Gasteiger partial charge on any atom is 0.126 e. The van der Waals surface area contributed by atoms with Crippen LogP contribution in [0.5, 0.6) is 0 Å². The zero-order valence-electron chi connectivity index (χ0n) is 11.4. The summed E-state index contributed by atoms with van der Waals surface area (Å²) < 4.78 is 40.0. The minimum Gasteiger partial charge on any atom is -0.310 e. The van der Waals surface area contributed by atoms with E-state index in [1.54, 1.807) is 6.07 Å². The second-order valence-corrected chi connectivity index (χ2v) is 5.00. The molecule has 2 aromatic carbocycles. The normalized spacial score (nSPS) is 11.1. The van der Waals surface area contributed by atoms with Gasteiger partial charge in [-0.2, -0.15) is 0 Å². The third kappa shape index (κ3) is 3.61. The van der Waals surface area contributed by atoms with E-state index in [2.05, 4.69) is 5.32 Å². The van der Waals surface area contributed by atoms with E-state index >= 15 is 0 Å². The molecular formula is C16H16F3N. The van der Waals surface area contributed by atoms with Crippen LogP contribution in [0.1, 0.15) is 19.4 Å². The van der Waals surface area contributed by atoms with Crippen LogP contribution in [0, 0.1) is 17.5 Å². The second kappa shape index (κ2) is 6.09. The van der Waals surface area contributed by atoms with E-state index in [4.69, 9.17) is 0 Å². The molecule has 0 aliphatic carbocycles. The van der Waals surface area contributed by atoms with Crippen molar-refractivity contribution >= 4 is 0 Å². The minimum absolute atomic E-state index is 0.261. The molecule has 20 heavy (non-hydrogen) atoms. The first-order valence-corrected chi connectivity index (χ1v) is 6.44. The van der Waals surface area contributed by atoms with E-state index in [-0.39, 0.29) is 6.04 Å². The monoisotopic (exact) mass is 279 g/mol. The molecule has 0 atom stereocenters. The third-order valence-electron chi connectivity index (χ3n) is 2.95. The lowest BCUT2D eigenvalue weighted by Gasteiger charge is -2.13. The zero-order valence-corrected chi connectivity index (χ0v) is 11.4. The Balaban J connectivity index is 2.45. The van der Waals surface area contributed by atoms with Gasteiger partial charge >= 0.3 is 0 Å². The Morgan fingerprint density at radius 1 is 0.900 bits per heavy atom. The van der Waals surface area contributed by atoms with Crippen LogP contribution in [0.25, 0.3) is 11.1 Å². The van der Waals surface area contributed by atoms with Crippen LogP contribution in [0.4, 0.5) is 13.2 Å². The molecule has 0 aliphatic rings. The highest BCUT2D eigenvalue weighted by Crippen LogP contribution is 2.26. The average molecular weight is 279 g/mol. The molecule has 0 bridgehead atoms. The fourth-order valence-corrected chi connectivity index (χ4v) is 1.99. The van der Waals surface area contributed by atoms with Gasteiger partial charge in [-0.05, 0) is 41.0 Å². The molecule has 0 spiro atoms. The topological polar surface area (TPSA) is 12.0 Å². The van der Waals surface area contributed by atoms with Crippen molar-refractivity contribution in [1.82, 2.24) is 5.32 Å². The van der Waals surface area contributed by atoms with Gasteiger partial charge in [0.15, 0.2) is 0 Å². The summed E-state index contributed by atoms with van der Waals surface area (Å²) in [5.74, 6) is -1.78. The Kier molecular flexibility index (Phi) is 4.45. The minimum atomic E-state index is -0.674. The van der Waals surface area contributed by atoms with Gasteiger partial charge in [-0.25, -0.2) is 13.2 Å².